The van der Waals surface area contributed by atoms with Gasteiger partial charge < -0.3 is 9.84 Å². The maximum absolute atomic E-state index is 12.9. The Balaban J connectivity index is 2.12. The van der Waals surface area contributed by atoms with E-state index in [1.165, 1.54) is 14.0 Å². The van der Waals surface area contributed by atoms with Gasteiger partial charge in [-0.15, -0.1) is 0 Å². The van der Waals surface area contributed by atoms with Gasteiger partial charge in [-0.3, -0.25) is 14.6 Å². The SMILES string of the molecule is COC(=O)/C(C=Nc1cccc2c1C(=O)c1ccccc1C2=O)=C(\C)O. The van der Waals surface area contributed by atoms with Crippen LogP contribution in [0, 0.1) is 0 Å². The summed E-state index contributed by atoms with van der Waals surface area (Å²) >= 11 is 0. The summed E-state index contributed by atoms with van der Waals surface area (Å²) in [7, 11) is 1.18. The molecule has 1 aliphatic rings. The van der Waals surface area contributed by atoms with Gasteiger partial charge in [0.15, 0.2) is 11.6 Å². The maximum Gasteiger partial charge on any atom is 0.342 e. The molecule has 0 spiro atoms. The van der Waals surface area contributed by atoms with Crippen molar-refractivity contribution in [2.75, 3.05) is 7.11 Å². The zero-order chi connectivity index (χ0) is 18.8. The first-order valence-corrected chi connectivity index (χ1v) is 7.79. The fourth-order valence-electron chi connectivity index (χ4n) is 2.77. The summed E-state index contributed by atoms with van der Waals surface area (Å²) in [6.07, 6.45) is 1.12. The van der Waals surface area contributed by atoms with Crippen molar-refractivity contribution in [1.82, 2.24) is 0 Å². The van der Waals surface area contributed by atoms with Crippen LogP contribution in [-0.2, 0) is 9.53 Å². The van der Waals surface area contributed by atoms with Gasteiger partial charge in [0, 0.05) is 22.9 Å². The lowest BCUT2D eigenvalue weighted by molar-refractivity contribution is -0.135. The lowest BCUT2D eigenvalue weighted by Gasteiger charge is -2.18. The van der Waals surface area contributed by atoms with Crippen LogP contribution >= 0.6 is 0 Å². The number of fused-ring (bicyclic) bond motifs is 2. The number of nitrogens with zero attached hydrogens (tertiary/aromatic N) is 1. The standard InChI is InChI=1S/C20H15NO5/c1-11(22)15(20(25)26-2)10-21-16-9-5-8-14-17(16)19(24)13-7-4-3-6-12(13)18(14)23/h3-10,22H,1-2H3/b15-11+,21-10?. The second-order valence-electron chi connectivity index (χ2n) is 5.65. The van der Waals surface area contributed by atoms with E-state index in [4.69, 9.17) is 0 Å². The van der Waals surface area contributed by atoms with Crippen molar-refractivity contribution in [1.29, 1.82) is 0 Å². The number of carbonyl (C=O) groups is 3. The molecule has 0 saturated heterocycles. The van der Waals surface area contributed by atoms with Crippen LogP contribution in [0.1, 0.15) is 38.8 Å². The predicted octanol–water partition coefficient (Wildman–Crippen LogP) is 3.17. The molecular weight excluding hydrogens is 334 g/mol. The van der Waals surface area contributed by atoms with E-state index in [0.29, 0.717) is 11.1 Å². The summed E-state index contributed by atoms with van der Waals surface area (Å²) in [6, 6.07) is 11.3. The summed E-state index contributed by atoms with van der Waals surface area (Å²) in [5.74, 6) is -1.59. The molecule has 1 N–H and O–H groups in total. The van der Waals surface area contributed by atoms with Crippen LogP contribution in [0.5, 0.6) is 0 Å². The molecule has 0 bridgehead atoms. The lowest BCUT2D eigenvalue weighted by Crippen LogP contribution is -2.20. The van der Waals surface area contributed by atoms with E-state index in [1.807, 2.05) is 0 Å². The van der Waals surface area contributed by atoms with Gasteiger partial charge in [-0.2, -0.15) is 0 Å². The molecule has 3 rings (SSSR count). The van der Waals surface area contributed by atoms with Crippen LogP contribution in [-0.4, -0.2) is 36.0 Å². The van der Waals surface area contributed by atoms with Crippen molar-refractivity contribution in [2.24, 2.45) is 4.99 Å². The number of allylic oxidation sites excluding steroid dienone is 1. The Morgan fingerprint density at radius 2 is 1.62 bits per heavy atom. The average Bonchev–Trinajstić information content (AvgIpc) is 2.65. The first-order valence-electron chi connectivity index (χ1n) is 7.79. The van der Waals surface area contributed by atoms with E-state index in [1.54, 1.807) is 42.5 Å². The van der Waals surface area contributed by atoms with Gasteiger partial charge in [0.2, 0.25) is 0 Å². The lowest BCUT2D eigenvalue weighted by atomic mass is 9.83. The average molecular weight is 349 g/mol. The highest BCUT2D eigenvalue weighted by Crippen LogP contribution is 2.33. The van der Waals surface area contributed by atoms with Crippen molar-refractivity contribution in [3.05, 3.63) is 76.1 Å². The molecule has 6 heteroatoms. The van der Waals surface area contributed by atoms with Gasteiger partial charge in [-0.25, -0.2) is 4.79 Å². The molecule has 2 aromatic carbocycles. The third kappa shape index (κ3) is 2.82. The number of hydrogen-bond acceptors (Lipinski definition) is 6. The van der Waals surface area contributed by atoms with E-state index in [9.17, 15) is 19.5 Å². The molecule has 0 amide bonds. The smallest absolute Gasteiger partial charge is 0.342 e. The molecule has 0 saturated carbocycles. The van der Waals surface area contributed by atoms with Crippen LogP contribution in [0.2, 0.25) is 0 Å². The molecule has 1 aliphatic carbocycles. The summed E-state index contributed by atoms with van der Waals surface area (Å²) < 4.78 is 4.59. The third-order valence-corrected chi connectivity index (χ3v) is 4.06. The Morgan fingerprint density at radius 1 is 1.00 bits per heavy atom. The van der Waals surface area contributed by atoms with E-state index < -0.39 is 5.97 Å². The molecule has 0 aromatic heterocycles. The number of methoxy groups -OCH3 is 1. The number of aliphatic hydroxyl groups is 1. The quantitative estimate of drug-likeness (QED) is 0.339. The fraction of sp³-hybridized carbons (Fsp3) is 0.100. The van der Waals surface area contributed by atoms with Crippen molar-refractivity contribution < 1.29 is 24.2 Å². The number of esters is 1. The number of benzene rings is 2. The van der Waals surface area contributed by atoms with E-state index >= 15 is 0 Å². The molecule has 0 atom stereocenters. The van der Waals surface area contributed by atoms with E-state index in [2.05, 4.69) is 9.73 Å². The number of hydrogen-bond donors (Lipinski definition) is 1. The van der Waals surface area contributed by atoms with Gasteiger partial charge >= 0.3 is 5.97 Å². The molecule has 2 aromatic rings. The second-order valence-corrected chi connectivity index (χ2v) is 5.65. The van der Waals surface area contributed by atoms with Gasteiger partial charge in [-0.05, 0) is 13.0 Å². The highest BCUT2D eigenvalue weighted by Gasteiger charge is 2.31. The number of rotatable bonds is 3. The Hall–Kier alpha value is -3.54. The minimum absolute atomic E-state index is 0.139. The van der Waals surface area contributed by atoms with Gasteiger partial charge in [0.05, 0.1) is 18.4 Å². The molecule has 0 radical (unpaired) electrons. The third-order valence-electron chi connectivity index (χ3n) is 4.06. The molecule has 26 heavy (non-hydrogen) atoms. The summed E-state index contributed by atoms with van der Waals surface area (Å²) in [6.45, 7) is 1.32. The van der Waals surface area contributed by atoms with Crippen molar-refractivity contribution in [2.45, 2.75) is 6.92 Å². The van der Waals surface area contributed by atoms with Crippen LogP contribution in [0.3, 0.4) is 0 Å². The van der Waals surface area contributed by atoms with Crippen LogP contribution in [0.25, 0.3) is 0 Å². The molecule has 0 aliphatic heterocycles. The van der Waals surface area contributed by atoms with E-state index in [0.717, 1.165) is 6.21 Å². The summed E-state index contributed by atoms with van der Waals surface area (Å²) in [4.78, 5) is 41.4. The first-order chi connectivity index (χ1) is 12.5. The second kappa shape index (κ2) is 6.76. The Morgan fingerprint density at radius 3 is 2.23 bits per heavy atom. The first kappa shape index (κ1) is 17.3. The largest absolute Gasteiger partial charge is 0.512 e. The Kier molecular flexibility index (Phi) is 4.49. The van der Waals surface area contributed by atoms with Gasteiger partial charge in [-0.1, -0.05) is 36.4 Å². The van der Waals surface area contributed by atoms with Crippen molar-refractivity contribution >= 4 is 29.4 Å². The van der Waals surface area contributed by atoms with Crippen molar-refractivity contribution in [3.63, 3.8) is 0 Å². The van der Waals surface area contributed by atoms with Crippen LogP contribution in [0.15, 0.2) is 58.8 Å². The Bertz CT molecular complexity index is 997. The normalized spacial score (nSPS) is 13.9. The molecule has 0 heterocycles. The number of carbonyl (C=O) groups excluding carboxylic acids is 3. The zero-order valence-electron chi connectivity index (χ0n) is 14.1. The van der Waals surface area contributed by atoms with E-state index in [-0.39, 0.29) is 39.7 Å². The van der Waals surface area contributed by atoms with Gasteiger partial charge in [0.25, 0.3) is 0 Å². The molecule has 0 fully saturated rings. The summed E-state index contributed by atoms with van der Waals surface area (Å²) in [5.41, 5.74) is 1.19. The fourth-order valence-corrected chi connectivity index (χ4v) is 2.77. The van der Waals surface area contributed by atoms with Gasteiger partial charge in [0.1, 0.15) is 11.3 Å². The minimum atomic E-state index is -0.758. The maximum atomic E-state index is 12.9. The zero-order valence-corrected chi connectivity index (χ0v) is 14.1. The Labute approximate surface area is 149 Å². The molecule has 130 valence electrons. The highest BCUT2D eigenvalue weighted by atomic mass is 16.5. The van der Waals surface area contributed by atoms with Crippen LogP contribution < -0.4 is 0 Å². The number of ketones is 2. The molecular formula is C20H15NO5. The predicted molar refractivity (Wildman–Crippen MR) is 95.2 cm³/mol. The molecule has 0 unspecified atom stereocenters. The number of aliphatic imine (C=N–C) groups is 1. The molecule has 6 nitrogen and oxygen atoms in total. The topological polar surface area (TPSA) is 93.0 Å². The minimum Gasteiger partial charge on any atom is -0.512 e. The monoisotopic (exact) mass is 349 g/mol. The highest BCUT2D eigenvalue weighted by molar-refractivity contribution is 6.30. The number of aliphatic hydroxyl groups excluding tert-OH is 1. The van der Waals surface area contributed by atoms with Crippen molar-refractivity contribution in [3.8, 4) is 0 Å². The van der Waals surface area contributed by atoms with Crippen LogP contribution in [0.4, 0.5) is 5.69 Å². The summed E-state index contributed by atoms with van der Waals surface area (Å²) in [5, 5.41) is 9.62. The number of ether oxygens (including phenoxy) is 1.